The molecule has 0 bridgehead atoms. The largest absolute Gasteiger partial charge is 0.486 e. The topological polar surface area (TPSA) is 64.8 Å². The van der Waals surface area contributed by atoms with Gasteiger partial charge in [-0.3, -0.25) is 4.79 Å². The normalized spacial score (nSPS) is 12.7. The van der Waals surface area contributed by atoms with Crippen LogP contribution in [0, 0.1) is 0 Å². The van der Waals surface area contributed by atoms with Crippen LogP contribution in [0.1, 0.15) is 22.3 Å². The smallest absolute Gasteiger partial charge is 0.258 e. The minimum absolute atomic E-state index is 0.0605. The molecule has 1 heterocycles. The van der Waals surface area contributed by atoms with Gasteiger partial charge in [0, 0.05) is 13.1 Å². The molecule has 2 N–H and O–H groups in total. The lowest BCUT2D eigenvalue weighted by molar-refractivity contribution is 0.0731. The van der Waals surface area contributed by atoms with Gasteiger partial charge in [-0.15, -0.1) is 0 Å². The minimum Gasteiger partial charge on any atom is -0.486 e. The number of carbonyl (C=O) groups excluding carboxylic acids is 1. The molecule has 3 rings (SSSR count). The van der Waals surface area contributed by atoms with E-state index < -0.39 is 0 Å². The van der Waals surface area contributed by atoms with Gasteiger partial charge in [0.2, 0.25) is 0 Å². The van der Waals surface area contributed by atoms with E-state index in [4.69, 9.17) is 15.2 Å². The molecule has 1 aliphatic heterocycles. The molecule has 0 saturated carbocycles. The zero-order valence-electron chi connectivity index (χ0n) is 13.6. The van der Waals surface area contributed by atoms with Gasteiger partial charge in [0.05, 0.1) is 5.56 Å². The SMILES string of the molecule is NCCCN(Cc1ccccc1)C(=O)c1cccc2c1OCCO2. The summed E-state index contributed by atoms with van der Waals surface area (Å²) in [4.78, 5) is 14.9. The molecule has 0 aliphatic carbocycles. The van der Waals surface area contributed by atoms with Crippen molar-refractivity contribution in [2.24, 2.45) is 5.73 Å². The van der Waals surface area contributed by atoms with E-state index in [2.05, 4.69) is 0 Å². The molecule has 5 nitrogen and oxygen atoms in total. The number of benzene rings is 2. The summed E-state index contributed by atoms with van der Waals surface area (Å²) in [5, 5.41) is 0. The number of carbonyl (C=O) groups is 1. The molecule has 24 heavy (non-hydrogen) atoms. The van der Waals surface area contributed by atoms with Crippen molar-refractivity contribution >= 4 is 5.91 Å². The number of ether oxygens (including phenoxy) is 2. The fourth-order valence-electron chi connectivity index (χ4n) is 2.75. The Morgan fingerprint density at radius 1 is 1.04 bits per heavy atom. The second-order valence-electron chi connectivity index (χ2n) is 5.68. The van der Waals surface area contributed by atoms with E-state index in [1.807, 2.05) is 47.4 Å². The van der Waals surface area contributed by atoms with Gasteiger partial charge >= 0.3 is 0 Å². The van der Waals surface area contributed by atoms with Crippen molar-refractivity contribution < 1.29 is 14.3 Å². The average Bonchev–Trinajstić information content (AvgIpc) is 2.65. The van der Waals surface area contributed by atoms with Gasteiger partial charge in [0.15, 0.2) is 11.5 Å². The first kappa shape index (κ1) is 16.3. The highest BCUT2D eigenvalue weighted by atomic mass is 16.6. The van der Waals surface area contributed by atoms with E-state index in [1.165, 1.54) is 0 Å². The van der Waals surface area contributed by atoms with Crippen LogP contribution in [0.2, 0.25) is 0 Å². The summed E-state index contributed by atoms with van der Waals surface area (Å²) in [7, 11) is 0. The minimum atomic E-state index is -0.0605. The maximum atomic E-state index is 13.1. The van der Waals surface area contributed by atoms with Gasteiger partial charge in [0.1, 0.15) is 13.2 Å². The summed E-state index contributed by atoms with van der Waals surface area (Å²) in [6.07, 6.45) is 0.755. The average molecular weight is 326 g/mol. The summed E-state index contributed by atoms with van der Waals surface area (Å²) in [5.74, 6) is 1.11. The maximum Gasteiger partial charge on any atom is 0.258 e. The molecule has 0 fully saturated rings. The highest BCUT2D eigenvalue weighted by Crippen LogP contribution is 2.34. The molecule has 0 spiro atoms. The molecule has 1 amide bonds. The molecule has 0 unspecified atom stereocenters. The zero-order valence-corrected chi connectivity index (χ0v) is 13.6. The first-order valence-corrected chi connectivity index (χ1v) is 8.21. The van der Waals surface area contributed by atoms with Crippen LogP contribution in [-0.2, 0) is 6.54 Å². The number of amides is 1. The van der Waals surface area contributed by atoms with Crippen LogP contribution in [0.25, 0.3) is 0 Å². The standard InChI is InChI=1S/C19H22N2O3/c20-10-5-11-21(14-15-6-2-1-3-7-15)19(22)16-8-4-9-17-18(16)24-13-12-23-17/h1-4,6-9H,5,10-14,20H2. The van der Waals surface area contributed by atoms with E-state index in [1.54, 1.807) is 6.07 Å². The van der Waals surface area contributed by atoms with E-state index in [-0.39, 0.29) is 5.91 Å². The van der Waals surface area contributed by atoms with Crippen molar-refractivity contribution in [3.63, 3.8) is 0 Å². The van der Waals surface area contributed by atoms with E-state index in [9.17, 15) is 4.79 Å². The Balaban J connectivity index is 1.85. The summed E-state index contributed by atoms with van der Waals surface area (Å²) in [6.45, 7) is 2.66. The maximum absolute atomic E-state index is 13.1. The first-order valence-electron chi connectivity index (χ1n) is 8.21. The molecule has 2 aromatic carbocycles. The third-order valence-corrected chi connectivity index (χ3v) is 3.93. The Kier molecular flexibility index (Phi) is 5.33. The molecule has 0 saturated heterocycles. The van der Waals surface area contributed by atoms with Crippen LogP contribution >= 0.6 is 0 Å². The Morgan fingerprint density at radius 3 is 2.62 bits per heavy atom. The molecule has 5 heteroatoms. The van der Waals surface area contributed by atoms with Gasteiger partial charge < -0.3 is 20.1 Å². The highest BCUT2D eigenvalue weighted by molar-refractivity contribution is 5.97. The number of rotatable bonds is 6. The summed E-state index contributed by atoms with van der Waals surface area (Å²) in [5.41, 5.74) is 7.27. The van der Waals surface area contributed by atoms with Crippen LogP contribution in [0.5, 0.6) is 11.5 Å². The van der Waals surface area contributed by atoms with Crippen LogP contribution in [0.4, 0.5) is 0 Å². The van der Waals surface area contributed by atoms with Gasteiger partial charge in [0.25, 0.3) is 5.91 Å². The van der Waals surface area contributed by atoms with Crippen molar-refractivity contribution in [1.29, 1.82) is 0 Å². The molecule has 1 aliphatic rings. The number of fused-ring (bicyclic) bond motifs is 1. The number of hydrogen-bond acceptors (Lipinski definition) is 4. The second kappa shape index (κ2) is 7.84. The lowest BCUT2D eigenvalue weighted by atomic mass is 10.1. The predicted octanol–water partition coefficient (Wildman–Crippen LogP) is 2.45. The van der Waals surface area contributed by atoms with Crippen LogP contribution in [-0.4, -0.2) is 37.1 Å². The number of hydrogen-bond donors (Lipinski definition) is 1. The summed E-state index contributed by atoms with van der Waals surface area (Å²) >= 11 is 0. The van der Waals surface area contributed by atoms with Crippen molar-refractivity contribution in [3.8, 4) is 11.5 Å². The lowest BCUT2D eigenvalue weighted by Gasteiger charge is -2.26. The van der Waals surface area contributed by atoms with Crippen LogP contribution in [0.3, 0.4) is 0 Å². The van der Waals surface area contributed by atoms with E-state index >= 15 is 0 Å². The Bertz CT molecular complexity index is 688. The third-order valence-electron chi connectivity index (χ3n) is 3.93. The fraction of sp³-hybridized carbons (Fsp3) is 0.316. The molecular formula is C19H22N2O3. The van der Waals surface area contributed by atoms with Gasteiger partial charge in [-0.25, -0.2) is 0 Å². The van der Waals surface area contributed by atoms with E-state index in [0.717, 1.165) is 12.0 Å². The number of para-hydroxylation sites is 1. The quantitative estimate of drug-likeness (QED) is 0.885. The molecule has 0 atom stereocenters. The highest BCUT2D eigenvalue weighted by Gasteiger charge is 2.24. The third kappa shape index (κ3) is 3.68. The number of nitrogens with two attached hydrogens (primary N) is 1. The molecular weight excluding hydrogens is 304 g/mol. The lowest BCUT2D eigenvalue weighted by Crippen LogP contribution is -2.33. The monoisotopic (exact) mass is 326 g/mol. The molecule has 0 radical (unpaired) electrons. The Labute approximate surface area is 142 Å². The number of nitrogens with zero attached hydrogens (tertiary/aromatic N) is 1. The van der Waals surface area contributed by atoms with Crippen molar-refractivity contribution in [1.82, 2.24) is 4.90 Å². The summed E-state index contributed by atoms with van der Waals surface area (Å²) < 4.78 is 11.3. The van der Waals surface area contributed by atoms with Gasteiger partial charge in [-0.05, 0) is 30.7 Å². The Morgan fingerprint density at radius 2 is 1.83 bits per heavy atom. The zero-order chi connectivity index (χ0) is 16.8. The summed E-state index contributed by atoms with van der Waals surface area (Å²) in [6, 6.07) is 15.4. The first-order chi connectivity index (χ1) is 11.8. The van der Waals surface area contributed by atoms with Gasteiger partial charge in [-0.2, -0.15) is 0 Å². The molecule has 2 aromatic rings. The van der Waals surface area contributed by atoms with Gasteiger partial charge in [-0.1, -0.05) is 36.4 Å². The molecule has 0 aromatic heterocycles. The van der Waals surface area contributed by atoms with Crippen molar-refractivity contribution in [3.05, 3.63) is 59.7 Å². The predicted molar refractivity (Wildman–Crippen MR) is 92.3 cm³/mol. The van der Waals surface area contributed by atoms with Crippen LogP contribution < -0.4 is 15.2 Å². The van der Waals surface area contributed by atoms with Crippen molar-refractivity contribution in [2.45, 2.75) is 13.0 Å². The van der Waals surface area contributed by atoms with Crippen LogP contribution in [0.15, 0.2) is 48.5 Å². The molecule has 126 valence electrons. The second-order valence-corrected chi connectivity index (χ2v) is 5.68. The van der Waals surface area contributed by atoms with E-state index in [0.29, 0.717) is 49.9 Å². The fourth-order valence-corrected chi connectivity index (χ4v) is 2.75. The Hall–Kier alpha value is -2.53. The van der Waals surface area contributed by atoms with Crippen molar-refractivity contribution in [2.75, 3.05) is 26.3 Å².